The summed E-state index contributed by atoms with van der Waals surface area (Å²) in [4.78, 5) is 0. The van der Waals surface area contributed by atoms with Crippen LogP contribution >= 0.6 is 0 Å². The molecule has 0 unspecified atom stereocenters. The normalized spacial score (nSPS) is 9.50. The quantitative estimate of drug-likeness (QED) is 0.741. The fourth-order valence-electron chi connectivity index (χ4n) is 1.56. The molecule has 0 amide bonds. The van der Waals surface area contributed by atoms with Gasteiger partial charge in [-0.3, -0.25) is 0 Å². The van der Waals surface area contributed by atoms with Crippen LogP contribution < -0.4 is 9.47 Å². The van der Waals surface area contributed by atoms with Gasteiger partial charge in [0.05, 0.1) is 13.7 Å². The van der Waals surface area contributed by atoms with E-state index >= 15 is 0 Å². The number of hydrogen-bond acceptors (Lipinski definition) is 4. The molecule has 0 spiro atoms. The third-order valence-electron chi connectivity index (χ3n) is 2.69. The molecule has 104 valence electrons. The van der Waals surface area contributed by atoms with E-state index in [4.69, 9.17) is 20.0 Å². The number of hydrogen-bond donors (Lipinski definition) is 0. The zero-order chi connectivity index (χ0) is 15.0. The molecule has 0 aromatic heterocycles. The molecular weight excluding hydrogens is 252 g/mol. The molecule has 0 bridgehead atoms. The molecule has 0 heterocycles. The van der Waals surface area contributed by atoms with Gasteiger partial charge < -0.3 is 9.47 Å². The van der Waals surface area contributed by atoms with E-state index in [1.807, 2.05) is 12.1 Å². The van der Waals surface area contributed by atoms with Gasteiger partial charge in [-0.1, -0.05) is 19.9 Å². The number of nitriles is 2. The van der Waals surface area contributed by atoms with E-state index in [-0.39, 0.29) is 5.57 Å². The first-order chi connectivity index (χ1) is 9.60. The van der Waals surface area contributed by atoms with E-state index < -0.39 is 0 Å². The van der Waals surface area contributed by atoms with Crippen molar-refractivity contribution < 1.29 is 9.47 Å². The Bertz CT molecular complexity index is 547. The van der Waals surface area contributed by atoms with Crippen molar-refractivity contribution in [2.24, 2.45) is 5.92 Å². The van der Waals surface area contributed by atoms with Gasteiger partial charge in [0.2, 0.25) is 0 Å². The zero-order valence-electron chi connectivity index (χ0n) is 12.0. The molecule has 1 rings (SSSR count). The predicted molar refractivity (Wildman–Crippen MR) is 77.1 cm³/mol. The summed E-state index contributed by atoms with van der Waals surface area (Å²) in [6, 6.07) is 8.99. The first-order valence-electron chi connectivity index (χ1n) is 6.43. The number of rotatable bonds is 6. The number of benzene rings is 1. The molecule has 4 heteroatoms. The molecule has 0 atom stereocenters. The second-order valence-electron chi connectivity index (χ2n) is 4.72. The summed E-state index contributed by atoms with van der Waals surface area (Å²) < 4.78 is 10.9. The second-order valence-corrected chi connectivity index (χ2v) is 4.72. The maximum Gasteiger partial charge on any atom is 0.161 e. The number of allylic oxidation sites excluding steroid dienone is 1. The average molecular weight is 270 g/mol. The smallest absolute Gasteiger partial charge is 0.161 e. The highest BCUT2D eigenvalue weighted by molar-refractivity contribution is 5.64. The monoisotopic (exact) mass is 270 g/mol. The third-order valence-corrected chi connectivity index (χ3v) is 2.69. The Morgan fingerprint density at radius 1 is 1.25 bits per heavy atom. The fourth-order valence-corrected chi connectivity index (χ4v) is 1.56. The van der Waals surface area contributed by atoms with Crippen LogP contribution in [0.4, 0.5) is 0 Å². The second kappa shape index (κ2) is 7.86. The first kappa shape index (κ1) is 15.6. The summed E-state index contributed by atoms with van der Waals surface area (Å²) in [7, 11) is 1.58. The van der Waals surface area contributed by atoms with Crippen LogP contribution in [0.2, 0.25) is 0 Å². The van der Waals surface area contributed by atoms with Crippen LogP contribution in [0.25, 0.3) is 6.08 Å². The molecule has 0 aliphatic carbocycles. The SMILES string of the molecule is COc1ccc(C=C(C#N)C#N)cc1OCCC(C)C. The van der Waals surface area contributed by atoms with Crippen molar-refractivity contribution in [1.29, 1.82) is 10.5 Å². The van der Waals surface area contributed by atoms with Gasteiger partial charge in [-0.25, -0.2) is 0 Å². The van der Waals surface area contributed by atoms with Gasteiger partial charge in [-0.15, -0.1) is 0 Å². The maximum atomic E-state index is 8.76. The van der Waals surface area contributed by atoms with Crippen molar-refractivity contribution >= 4 is 6.08 Å². The van der Waals surface area contributed by atoms with Gasteiger partial charge in [0.15, 0.2) is 11.5 Å². The van der Waals surface area contributed by atoms with Crippen LogP contribution in [0.1, 0.15) is 25.8 Å². The Labute approximate surface area is 119 Å². The molecule has 0 aliphatic heterocycles. The predicted octanol–water partition coefficient (Wildman–Crippen LogP) is 3.55. The largest absolute Gasteiger partial charge is 0.493 e. The minimum absolute atomic E-state index is 0.0586. The summed E-state index contributed by atoms with van der Waals surface area (Å²) in [6.07, 6.45) is 2.47. The van der Waals surface area contributed by atoms with Crippen molar-refractivity contribution in [3.8, 4) is 23.6 Å². The molecule has 0 N–H and O–H groups in total. The summed E-state index contributed by atoms with van der Waals surface area (Å²) in [5, 5.41) is 17.5. The van der Waals surface area contributed by atoms with Gasteiger partial charge >= 0.3 is 0 Å². The Kier molecular flexibility index (Phi) is 6.13. The Morgan fingerprint density at radius 2 is 1.95 bits per heavy atom. The van der Waals surface area contributed by atoms with E-state index in [2.05, 4.69) is 13.8 Å². The van der Waals surface area contributed by atoms with E-state index in [1.54, 1.807) is 25.3 Å². The average Bonchev–Trinajstić information content (AvgIpc) is 2.44. The fraction of sp³-hybridized carbons (Fsp3) is 0.375. The number of methoxy groups -OCH3 is 1. The van der Waals surface area contributed by atoms with Gasteiger partial charge in [0.1, 0.15) is 17.7 Å². The molecule has 0 saturated carbocycles. The Morgan fingerprint density at radius 3 is 2.50 bits per heavy atom. The van der Waals surface area contributed by atoms with Crippen LogP contribution in [0.15, 0.2) is 23.8 Å². The molecule has 1 aromatic rings. The Balaban J connectivity index is 2.95. The van der Waals surface area contributed by atoms with Gasteiger partial charge in [-0.2, -0.15) is 10.5 Å². The lowest BCUT2D eigenvalue weighted by atomic mass is 10.1. The zero-order valence-corrected chi connectivity index (χ0v) is 12.0. The van der Waals surface area contributed by atoms with Crippen LogP contribution in [0.3, 0.4) is 0 Å². The minimum atomic E-state index is 0.0586. The van der Waals surface area contributed by atoms with Crippen molar-refractivity contribution in [3.05, 3.63) is 29.3 Å². The molecule has 0 radical (unpaired) electrons. The van der Waals surface area contributed by atoms with Crippen molar-refractivity contribution in [2.45, 2.75) is 20.3 Å². The molecule has 0 aliphatic rings. The van der Waals surface area contributed by atoms with E-state index in [0.29, 0.717) is 24.0 Å². The highest BCUT2D eigenvalue weighted by Gasteiger charge is 2.06. The lowest BCUT2D eigenvalue weighted by Gasteiger charge is -2.12. The topological polar surface area (TPSA) is 66.0 Å². The van der Waals surface area contributed by atoms with Gasteiger partial charge in [-0.05, 0) is 36.1 Å². The van der Waals surface area contributed by atoms with E-state index in [0.717, 1.165) is 12.0 Å². The molecule has 4 nitrogen and oxygen atoms in total. The minimum Gasteiger partial charge on any atom is -0.493 e. The molecule has 0 fully saturated rings. The highest BCUT2D eigenvalue weighted by atomic mass is 16.5. The summed E-state index contributed by atoms with van der Waals surface area (Å²) in [5.74, 6) is 1.83. The van der Waals surface area contributed by atoms with Crippen LogP contribution in [-0.2, 0) is 0 Å². The van der Waals surface area contributed by atoms with Crippen LogP contribution in [0, 0.1) is 28.6 Å². The lowest BCUT2D eigenvalue weighted by molar-refractivity contribution is 0.273. The summed E-state index contributed by atoms with van der Waals surface area (Å²) in [6.45, 7) is 4.86. The molecule has 1 aromatic carbocycles. The van der Waals surface area contributed by atoms with E-state index in [1.165, 1.54) is 6.08 Å². The molecular formula is C16H18N2O2. The first-order valence-corrected chi connectivity index (χ1v) is 6.43. The number of ether oxygens (including phenoxy) is 2. The summed E-state index contributed by atoms with van der Waals surface area (Å²) in [5.41, 5.74) is 0.798. The van der Waals surface area contributed by atoms with Crippen molar-refractivity contribution in [3.63, 3.8) is 0 Å². The van der Waals surface area contributed by atoms with Crippen molar-refractivity contribution in [2.75, 3.05) is 13.7 Å². The van der Waals surface area contributed by atoms with Crippen LogP contribution in [-0.4, -0.2) is 13.7 Å². The molecule has 20 heavy (non-hydrogen) atoms. The van der Waals surface area contributed by atoms with Gasteiger partial charge in [0.25, 0.3) is 0 Å². The lowest BCUT2D eigenvalue weighted by Crippen LogP contribution is -2.02. The Hall–Kier alpha value is -2.46. The number of nitrogens with zero attached hydrogens (tertiary/aromatic N) is 2. The maximum absolute atomic E-state index is 8.76. The molecule has 0 saturated heterocycles. The van der Waals surface area contributed by atoms with Crippen molar-refractivity contribution in [1.82, 2.24) is 0 Å². The standard InChI is InChI=1S/C16H18N2O2/c1-12(2)6-7-20-16-9-13(4-5-15(16)19-3)8-14(10-17)11-18/h4-5,8-9,12H,6-7H2,1-3H3. The highest BCUT2D eigenvalue weighted by Crippen LogP contribution is 2.29. The van der Waals surface area contributed by atoms with Crippen LogP contribution in [0.5, 0.6) is 11.5 Å². The van der Waals surface area contributed by atoms with Gasteiger partial charge in [0, 0.05) is 0 Å². The summed E-state index contributed by atoms with van der Waals surface area (Å²) >= 11 is 0. The third kappa shape index (κ3) is 4.66. The van der Waals surface area contributed by atoms with E-state index in [9.17, 15) is 0 Å².